The van der Waals surface area contributed by atoms with Crippen molar-refractivity contribution in [2.75, 3.05) is 6.61 Å². The van der Waals surface area contributed by atoms with Crippen LogP contribution in [0.1, 0.15) is 53.8 Å². The molecular weight excluding hydrogens is 479 g/mol. The normalized spacial score (nSPS) is 9.59. The molecule has 2 rings (SSSR count). The topological polar surface area (TPSA) is 52.6 Å². The van der Waals surface area contributed by atoms with Crippen LogP contribution in [0.5, 0.6) is 0 Å². The second-order valence-electron chi connectivity index (χ2n) is 5.94. The molecule has 0 N–H and O–H groups in total. The Morgan fingerprint density at radius 1 is 0.862 bits per heavy atom. The first-order chi connectivity index (χ1) is 14.1. The first kappa shape index (κ1) is 22.5. The van der Waals surface area contributed by atoms with Crippen LogP contribution < -0.4 is 21.2 Å². The van der Waals surface area contributed by atoms with Gasteiger partial charge in [0.1, 0.15) is 0 Å². The van der Waals surface area contributed by atoms with Gasteiger partial charge in [-0.05, 0) is 0 Å². The number of rotatable bonds is 8. The van der Waals surface area contributed by atoms with Crippen LogP contribution in [-0.4, -0.2) is 18.5 Å². The van der Waals surface area contributed by atoms with Crippen molar-refractivity contribution in [3.63, 3.8) is 0 Å². The van der Waals surface area contributed by atoms with Crippen LogP contribution in [-0.2, 0) is 9.47 Å². The Balaban J connectivity index is 1.89. The van der Waals surface area contributed by atoms with Gasteiger partial charge in [-0.25, -0.2) is 0 Å². The van der Waals surface area contributed by atoms with Gasteiger partial charge in [-0.1, -0.05) is 0 Å². The van der Waals surface area contributed by atoms with E-state index >= 15 is 0 Å². The van der Waals surface area contributed by atoms with E-state index in [0.29, 0.717) is 17.7 Å². The van der Waals surface area contributed by atoms with E-state index in [1.807, 2.05) is 24.3 Å². The summed E-state index contributed by atoms with van der Waals surface area (Å²) in [6.07, 6.45) is 5.33. The van der Waals surface area contributed by atoms with Crippen molar-refractivity contribution in [3.8, 4) is 23.9 Å². The molecule has 5 heteroatoms. The van der Waals surface area contributed by atoms with Gasteiger partial charge >= 0.3 is 183 Å². The fraction of sp³-hybridized carbons (Fsp3) is 0.250. The molecule has 2 aromatic rings. The zero-order chi connectivity index (χ0) is 20.9. The summed E-state index contributed by atoms with van der Waals surface area (Å²) in [5.41, 5.74) is 1.01. The van der Waals surface area contributed by atoms with E-state index in [-0.39, 0.29) is 5.97 Å². The number of hydrogen-bond acceptors (Lipinski definition) is 4. The minimum absolute atomic E-state index is 0.276. The summed E-state index contributed by atoms with van der Waals surface area (Å²) in [7, 11) is 0. The van der Waals surface area contributed by atoms with Gasteiger partial charge < -0.3 is 0 Å². The summed E-state index contributed by atoms with van der Waals surface area (Å²) in [6.45, 7) is 4.24. The minimum atomic E-state index is -0.498. The van der Waals surface area contributed by atoms with Crippen LogP contribution in [0.15, 0.2) is 48.5 Å². The molecule has 0 saturated heterocycles. The number of esters is 2. The Labute approximate surface area is 182 Å². The Morgan fingerprint density at radius 2 is 1.45 bits per heavy atom. The third kappa shape index (κ3) is 8.01. The first-order valence-corrected chi connectivity index (χ1v) is 11.4. The standard InChI is InChI=1S/C24H22IO4/c1-3-5-7-17-28-23(26)19-9-13-21(14-10-19)25-22-15-11-20(12-16-22)24(27)29-18-8-6-4-2/h9-16H,3,5,7,17H2,1-2H3/q-1. The summed E-state index contributed by atoms with van der Waals surface area (Å²) in [6, 6.07) is 14.8. The zero-order valence-corrected chi connectivity index (χ0v) is 18.6. The third-order valence-electron chi connectivity index (χ3n) is 3.74. The van der Waals surface area contributed by atoms with E-state index in [1.54, 1.807) is 31.2 Å². The van der Waals surface area contributed by atoms with Crippen molar-refractivity contribution >= 4 is 11.9 Å². The number of ether oxygens (including phenoxy) is 2. The van der Waals surface area contributed by atoms with E-state index in [2.05, 4.69) is 30.8 Å². The van der Waals surface area contributed by atoms with Gasteiger partial charge in [0.15, 0.2) is 0 Å². The van der Waals surface area contributed by atoms with E-state index in [0.717, 1.165) is 22.8 Å². The Morgan fingerprint density at radius 3 is 2.00 bits per heavy atom. The van der Waals surface area contributed by atoms with Gasteiger partial charge in [0.05, 0.1) is 0 Å². The number of benzene rings is 2. The predicted molar refractivity (Wildman–Crippen MR) is 107 cm³/mol. The maximum atomic E-state index is 12.0. The summed E-state index contributed by atoms with van der Waals surface area (Å²) >= 11 is -0.420. The molecule has 4 nitrogen and oxygen atoms in total. The summed E-state index contributed by atoms with van der Waals surface area (Å²) < 4.78 is 12.4. The van der Waals surface area contributed by atoms with Crippen LogP contribution in [0.25, 0.3) is 0 Å². The van der Waals surface area contributed by atoms with Gasteiger partial charge in [-0.2, -0.15) is 0 Å². The van der Waals surface area contributed by atoms with Crippen LogP contribution >= 0.6 is 0 Å². The molecule has 0 heterocycles. The molecule has 0 aliphatic carbocycles. The van der Waals surface area contributed by atoms with Crippen molar-refractivity contribution in [2.24, 2.45) is 0 Å². The predicted octanol–water partition coefficient (Wildman–Crippen LogP) is 1.30. The van der Waals surface area contributed by atoms with Gasteiger partial charge in [0, 0.05) is 0 Å². The van der Waals surface area contributed by atoms with Gasteiger partial charge in [0.25, 0.3) is 0 Å². The van der Waals surface area contributed by atoms with E-state index in [4.69, 9.17) is 9.47 Å². The van der Waals surface area contributed by atoms with Gasteiger partial charge in [-0.15, -0.1) is 0 Å². The fourth-order valence-corrected chi connectivity index (χ4v) is 4.40. The molecule has 0 unspecified atom stereocenters. The van der Waals surface area contributed by atoms with Crippen LogP contribution in [0.2, 0.25) is 0 Å². The Bertz CT molecular complexity index is 939. The molecule has 0 aliphatic heterocycles. The molecule has 0 radical (unpaired) electrons. The monoisotopic (exact) mass is 501 g/mol. The SMILES string of the molecule is CC#CC#COC(=O)c1ccc([I-]c2ccc(C(=O)OCCCCC)cc2)cc1. The van der Waals surface area contributed by atoms with Crippen molar-refractivity contribution in [2.45, 2.75) is 33.1 Å². The fourth-order valence-electron chi connectivity index (χ4n) is 2.24. The molecule has 0 atom stereocenters. The Hall–Kier alpha value is -2.77. The molecule has 0 amide bonds. The molecule has 0 bridgehead atoms. The second-order valence-corrected chi connectivity index (χ2v) is 8.97. The molecule has 0 aliphatic rings. The third-order valence-corrected chi connectivity index (χ3v) is 6.43. The van der Waals surface area contributed by atoms with Crippen molar-refractivity contribution < 1.29 is 40.3 Å². The van der Waals surface area contributed by atoms with Crippen molar-refractivity contribution in [1.82, 2.24) is 0 Å². The summed E-state index contributed by atoms with van der Waals surface area (Å²) in [5, 5.41) is 0. The molecule has 29 heavy (non-hydrogen) atoms. The van der Waals surface area contributed by atoms with Crippen molar-refractivity contribution in [1.29, 1.82) is 0 Å². The number of unbranched alkanes of at least 4 members (excludes halogenated alkanes) is 2. The summed E-state index contributed by atoms with van der Waals surface area (Å²) in [4.78, 5) is 23.9. The number of carbonyl (C=O) groups excluding carboxylic acids is 2. The molecule has 150 valence electrons. The van der Waals surface area contributed by atoms with E-state index in [9.17, 15) is 9.59 Å². The number of halogens is 1. The molecule has 2 aromatic carbocycles. The molecule has 0 spiro atoms. The molecule has 0 saturated carbocycles. The molecule has 0 aromatic heterocycles. The van der Waals surface area contributed by atoms with Crippen LogP contribution in [0, 0.1) is 31.0 Å². The van der Waals surface area contributed by atoms with Crippen LogP contribution in [0.4, 0.5) is 0 Å². The maximum absolute atomic E-state index is 12.0. The average Bonchev–Trinajstić information content (AvgIpc) is 2.75. The first-order valence-electron chi connectivity index (χ1n) is 9.29. The average molecular weight is 501 g/mol. The van der Waals surface area contributed by atoms with Gasteiger partial charge in [-0.3, -0.25) is 0 Å². The number of carbonyl (C=O) groups is 2. The Kier molecular flexibility index (Phi) is 9.82. The van der Waals surface area contributed by atoms with Crippen molar-refractivity contribution in [3.05, 3.63) is 66.8 Å². The molecule has 0 fully saturated rings. The van der Waals surface area contributed by atoms with Gasteiger partial charge in [0.2, 0.25) is 0 Å². The van der Waals surface area contributed by atoms with E-state index in [1.165, 1.54) is 3.57 Å². The van der Waals surface area contributed by atoms with E-state index < -0.39 is 27.2 Å². The summed E-state index contributed by atoms with van der Waals surface area (Å²) in [5.74, 6) is 6.76. The molecular formula is C24H22IO4-. The zero-order valence-electron chi connectivity index (χ0n) is 16.5. The quantitative estimate of drug-likeness (QED) is 0.237. The van der Waals surface area contributed by atoms with Crippen LogP contribution in [0.3, 0.4) is 0 Å². The number of hydrogen-bond donors (Lipinski definition) is 0. The second kappa shape index (κ2) is 12.6.